The van der Waals surface area contributed by atoms with E-state index >= 15 is 0 Å². The van der Waals surface area contributed by atoms with Crippen LogP contribution in [0.15, 0.2) is 47.1 Å². The van der Waals surface area contributed by atoms with Crippen LogP contribution in [0.3, 0.4) is 0 Å². The van der Waals surface area contributed by atoms with Gasteiger partial charge in [-0.1, -0.05) is 23.2 Å². The van der Waals surface area contributed by atoms with Gasteiger partial charge in [-0.3, -0.25) is 4.79 Å². The number of benzene rings is 2. The average molecular weight is 349 g/mol. The molecule has 0 bridgehead atoms. The number of hydrogen-bond acceptors (Lipinski definition) is 1. The van der Waals surface area contributed by atoms with E-state index in [0.717, 1.165) is 20.9 Å². The summed E-state index contributed by atoms with van der Waals surface area (Å²) in [6, 6.07) is 11.3. The fourth-order valence-electron chi connectivity index (χ4n) is 2.22. The van der Waals surface area contributed by atoms with Crippen molar-refractivity contribution in [3.05, 3.63) is 68.8 Å². The van der Waals surface area contributed by atoms with Crippen molar-refractivity contribution >= 4 is 44.2 Å². The molecule has 0 amide bonds. The number of carbonyl (C=O) groups is 1. The molecule has 0 atom stereocenters. The van der Waals surface area contributed by atoms with Crippen LogP contribution in [0.1, 0.15) is 21.5 Å². The van der Waals surface area contributed by atoms with Gasteiger partial charge in [-0.2, -0.15) is 0 Å². The van der Waals surface area contributed by atoms with Gasteiger partial charge in [0.1, 0.15) is 0 Å². The summed E-state index contributed by atoms with van der Waals surface area (Å²) in [7, 11) is 0. The van der Waals surface area contributed by atoms with E-state index in [2.05, 4.69) is 20.9 Å². The summed E-state index contributed by atoms with van der Waals surface area (Å²) in [6.45, 7) is 2.01. The lowest BCUT2D eigenvalue weighted by molar-refractivity contribution is 0.104. The first-order valence-corrected chi connectivity index (χ1v) is 7.31. The fraction of sp³-hybridized carbons (Fsp3) is 0.0625. The summed E-state index contributed by atoms with van der Waals surface area (Å²) in [5, 5.41) is 1.47. The number of hydrogen-bond donors (Lipinski definition) is 1. The Balaban J connectivity index is 2.12. The van der Waals surface area contributed by atoms with E-state index in [1.165, 1.54) is 0 Å². The molecule has 0 saturated heterocycles. The van der Waals surface area contributed by atoms with Crippen molar-refractivity contribution < 1.29 is 4.79 Å². The van der Waals surface area contributed by atoms with Gasteiger partial charge in [0.05, 0.1) is 5.02 Å². The van der Waals surface area contributed by atoms with Crippen molar-refractivity contribution in [1.29, 1.82) is 0 Å². The number of rotatable bonds is 2. The zero-order chi connectivity index (χ0) is 14.3. The van der Waals surface area contributed by atoms with E-state index < -0.39 is 0 Å². The van der Waals surface area contributed by atoms with Crippen LogP contribution in [0.5, 0.6) is 0 Å². The monoisotopic (exact) mass is 347 g/mol. The summed E-state index contributed by atoms with van der Waals surface area (Å²) < 4.78 is 0.783. The second-order valence-corrected chi connectivity index (χ2v) is 5.97. The third kappa shape index (κ3) is 2.28. The summed E-state index contributed by atoms with van der Waals surface area (Å²) in [6.07, 6.45) is 1.75. The number of aromatic amines is 1. The Morgan fingerprint density at radius 1 is 1.20 bits per heavy atom. The quantitative estimate of drug-likeness (QED) is 0.640. The predicted molar refractivity (Wildman–Crippen MR) is 85.6 cm³/mol. The second kappa shape index (κ2) is 5.08. The molecule has 0 aliphatic rings. The van der Waals surface area contributed by atoms with E-state index in [-0.39, 0.29) is 5.78 Å². The summed E-state index contributed by atoms with van der Waals surface area (Å²) in [5.74, 6) is -0.0312. The Kier molecular flexibility index (Phi) is 3.40. The molecule has 0 radical (unpaired) electrons. The van der Waals surface area contributed by atoms with Gasteiger partial charge >= 0.3 is 0 Å². The minimum atomic E-state index is -0.0312. The molecular formula is C16H11BrClNO. The highest BCUT2D eigenvalue weighted by Gasteiger charge is 2.15. The third-order valence-corrected chi connectivity index (χ3v) is 4.50. The number of nitrogens with one attached hydrogen (secondary N) is 1. The van der Waals surface area contributed by atoms with Crippen molar-refractivity contribution in [3.8, 4) is 0 Å². The summed E-state index contributed by atoms with van der Waals surface area (Å²) >= 11 is 9.38. The number of aromatic nitrogens is 1. The Hall–Kier alpha value is -1.58. The standard InChI is InChI=1S/C16H11BrClNO/c1-9-2-5-15-11(6-9)12(8-19-15)16(20)10-3-4-13(17)14(18)7-10/h2-8,19H,1H3. The molecule has 1 aromatic heterocycles. The van der Waals surface area contributed by atoms with Crippen LogP contribution < -0.4 is 0 Å². The Morgan fingerprint density at radius 2 is 2.00 bits per heavy atom. The van der Waals surface area contributed by atoms with Crippen LogP contribution in [0.4, 0.5) is 0 Å². The minimum Gasteiger partial charge on any atom is -0.360 e. The van der Waals surface area contributed by atoms with E-state index in [4.69, 9.17) is 11.6 Å². The zero-order valence-electron chi connectivity index (χ0n) is 10.7. The van der Waals surface area contributed by atoms with E-state index in [0.29, 0.717) is 16.1 Å². The Bertz CT molecular complexity index is 822. The number of aryl methyl sites for hydroxylation is 1. The molecular weight excluding hydrogens is 338 g/mol. The first-order chi connectivity index (χ1) is 9.56. The summed E-state index contributed by atoms with van der Waals surface area (Å²) in [5.41, 5.74) is 3.34. The largest absolute Gasteiger partial charge is 0.360 e. The maximum atomic E-state index is 12.6. The molecule has 2 nitrogen and oxygen atoms in total. The lowest BCUT2D eigenvalue weighted by atomic mass is 10.0. The van der Waals surface area contributed by atoms with Gasteiger partial charge in [0.2, 0.25) is 0 Å². The van der Waals surface area contributed by atoms with Gasteiger partial charge in [0.15, 0.2) is 5.78 Å². The normalized spacial score (nSPS) is 10.9. The molecule has 0 aliphatic heterocycles. The van der Waals surface area contributed by atoms with E-state index in [1.807, 2.05) is 25.1 Å². The number of carbonyl (C=O) groups excluding carboxylic acids is 1. The van der Waals surface area contributed by atoms with Crippen molar-refractivity contribution in [2.45, 2.75) is 6.92 Å². The molecule has 1 N–H and O–H groups in total. The van der Waals surface area contributed by atoms with Crippen LogP contribution in [-0.2, 0) is 0 Å². The smallest absolute Gasteiger partial charge is 0.195 e. The molecule has 3 aromatic rings. The van der Waals surface area contributed by atoms with Crippen LogP contribution >= 0.6 is 27.5 Å². The maximum Gasteiger partial charge on any atom is 0.195 e. The number of ketones is 1. The maximum absolute atomic E-state index is 12.6. The molecule has 0 unspecified atom stereocenters. The van der Waals surface area contributed by atoms with Gasteiger partial charge in [-0.25, -0.2) is 0 Å². The molecule has 2 aromatic carbocycles. The van der Waals surface area contributed by atoms with Crippen LogP contribution in [-0.4, -0.2) is 10.8 Å². The van der Waals surface area contributed by atoms with Gasteiger partial charge in [0, 0.05) is 32.7 Å². The minimum absolute atomic E-state index is 0.0312. The van der Waals surface area contributed by atoms with Crippen molar-refractivity contribution in [2.24, 2.45) is 0 Å². The zero-order valence-corrected chi connectivity index (χ0v) is 13.0. The van der Waals surface area contributed by atoms with Gasteiger partial charge in [-0.05, 0) is 53.2 Å². The first-order valence-electron chi connectivity index (χ1n) is 6.14. The molecule has 3 rings (SSSR count). The Morgan fingerprint density at radius 3 is 2.75 bits per heavy atom. The topological polar surface area (TPSA) is 32.9 Å². The lowest BCUT2D eigenvalue weighted by Crippen LogP contribution is -2.00. The van der Waals surface area contributed by atoms with Crippen molar-refractivity contribution in [3.63, 3.8) is 0 Å². The molecule has 0 saturated carbocycles. The number of H-pyrrole nitrogens is 1. The van der Waals surface area contributed by atoms with Crippen LogP contribution in [0.2, 0.25) is 5.02 Å². The van der Waals surface area contributed by atoms with Crippen LogP contribution in [0.25, 0.3) is 10.9 Å². The van der Waals surface area contributed by atoms with Crippen LogP contribution in [0, 0.1) is 6.92 Å². The first kappa shape index (κ1) is 13.4. The highest BCUT2D eigenvalue weighted by atomic mass is 79.9. The molecule has 1 heterocycles. The van der Waals surface area contributed by atoms with Gasteiger partial charge in [-0.15, -0.1) is 0 Å². The second-order valence-electron chi connectivity index (χ2n) is 4.71. The third-order valence-electron chi connectivity index (χ3n) is 3.26. The van der Waals surface area contributed by atoms with Crippen molar-refractivity contribution in [2.75, 3.05) is 0 Å². The molecule has 100 valence electrons. The fourth-order valence-corrected chi connectivity index (χ4v) is 2.64. The molecule has 0 fully saturated rings. The highest BCUT2D eigenvalue weighted by molar-refractivity contribution is 9.10. The molecule has 0 spiro atoms. The van der Waals surface area contributed by atoms with Gasteiger partial charge < -0.3 is 4.98 Å². The Labute approximate surface area is 129 Å². The summed E-state index contributed by atoms with van der Waals surface area (Å²) in [4.78, 5) is 15.7. The predicted octanol–water partition coefficient (Wildman–Crippen LogP) is 5.12. The highest BCUT2D eigenvalue weighted by Crippen LogP contribution is 2.27. The van der Waals surface area contributed by atoms with Crippen molar-refractivity contribution in [1.82, 2.24) is 4.98 Å². The lowest BCUT2D eigenvalue weighted by Gasteiger charge is -2.02. The number of halogens is 2. The van der Waals surface area contributed by atoms with E-state index in [1.54, 1.807) is 24.4 Å². The van der Waals surface area contributed by atoms with Gasteiger partial charge in [0.25, 0.3) is 0 Å². The number of fused-ring (bicyclic) bond motifs is 1. The SMILES string of the molecule is Cc1ccc2[nH]cc(C(=O)c3ccc(Br)c(Cl)c3)c2c1. The molecule has 20 heavy (non-hydrogen) atoms. The average Bonchev–Trinajstić information content (AvgIpc) is 2.84. The van der Waals surface area contributed by atoms with E-state index in [9.17, 15) is 4.79 Å². The molecule has 4 heteroatoms. The molecule has 0 aliphatic carbocycles.